The van der Waals surface area contributed by atoms with Crippen molar-refractivity contribution < 1.29 is 14.7 Å². The maximum absolute atomic E-state index is 12.7. The Balaban J connectivity index is 2.21. The van der Waals surface area contributed by atoms with Gasteiger partial charge in [0.1, 0.15) is 0 Å². The minimum absolute atomic E-state index is 0.0288. The van der Waals surface area contributed by atoms with Gasteiger partial charge in [-0.1, -0.05) is 19.1 Å². The van der Waals surface area contributed by atoms with Gasteiger partial charge in [0.05, 0.1) is 11.8 Å². The molecular weight excluding hydrogens is 242 g/mol. The molecule has 0 radical (unpaired) electrons. The molecule has 1 fully saturated rings. The summed E-state index contributed by atoms with van der Waals surface area (Å²) in [6.45, 7) is 6.73. The second-order valence-electron chi connectivity index (χ2n) is 5.96. The smallest absolute Gasteiger partial charge is 0.307 e. The minimum atomic E-state index is -0.824. The van der Waals surface area contributed by atoms with Crippen molar-refractivity contribution in [3.8, 4) is 0 Å². The molecule has 4 heteroatoms. The fourth-order valence-electron chi connectivity index (χ4n) is 3.55. The van der Waals surface area contributed by atoms with Crippen molar-refractivity contribution in [2.75, 3.05) is 6.54 Å². The monoisotopic (exact) mass is 265 g/mol. The Kier molecular flexibility index (Phi) is 3.97. The van der Waals surface area contributed by atoms with E-state index < -0.39 is 11.9 Å². The fraction of sp³-hybridized carbons (Fsp3) is 0.733. The van der Waals surface area contributed by atoms with Gasteiger partial charge in [-0.3, -0.25) is 9.59 Å². The average Bonchev–Trinajstić information content (AvgIpc) is 2.94. The van der Waals surface area contributed by atoms with Crippen molar-refractivity contribution in [3.63, 3.8) is 0 Å². The first-order valence-electron chi connectivity index (χ1n) is 7.19. The van der Waals surface area contributed by atoms with Gasteiger partial charge in [0.2, 0.25) is 5.91 Å². The van der Waals surface area contributed by atoms with Gasteiger partial charge in [0, 0.05) is 12.6 Å². The van der Waals surface area contributed by atoms with E-state index in [0.29, 0.717) is 6.54 Å². The number of aliphatic carboxylic acids is 1. The SMILES string of the molecule is CCCN(C(=O)C1C2C=CC(C2)C1C(=O)O)C(C)C. The summed E-state index contributed by atoms with van der Waals surface area (Å²) in [4.78, 5) is 26.0. The average molecular weight is 265 g/mol. The van der Waals surface area contributed by atoms with Crippen molar-refractivity contribution in [2.24, 2.45) is 23.7 Å². The van der Waals surface area contributed by atoms with E-state index in [1.165, 1.54) is 0 Å². The largest absolute Gasteiger partial charge is 0.481 e. The lowest BCUT2D eigenvalue weighted by atomic mass is 9.82. The molecule has 19 heavy (non-hydrogen) atoms. The number of carbonyl (C=O) groups excluding carboxylic acids is 1. The summed E-state index contributed by atoms with van der Waals surface area (Å²) < 4.78 is 0. The highest BCUT2D eigenvalue weighted by molar-refractivity contribution is 5.87. The number of hydrogen-bond acceptors (Lipinski definition) is 2. The first-order valence-corrected chi connectivity index (χ1v) is 7.19. The zero-order valence-electron chi connectivity index (χ0n) is 11.9. The van der Waals surface area contributed by atoms with Crippen LogP contribution in [0.4, 0.5) is 0 Å². The molecule has 0 saturated heterocycles. The van der Waals surface area contributed by atoms with Crippen LogP contribution in [0.3, 0.4) is 0 Å². The van der Waals surface area contributed by atoms with Gasteiger partial charge >= 0.3 is 5.97 Å². The molecule has 2 aliphatic rings. The van der Waals surface area contributed by atoms with E-state index in [-0.39, 0.29) is 29.7 Å². The maximum Gasteiger partial charge on any atom is 0.307 e. The number of amides is 1. The standard InChI is InChI=1S/C15H23NO3/c1-4-7-16(9(2)3)14(17)12-10-5-6-11(8-10)13(12)15(18)19/h5-6,9-13H,4,7-8H2,1-3H3,(H,18,19). The lowest BCUT2D eigenvalue weighted by Gasteiger charge is -2.33. The van der Waals surface area contributed by atoms with Crippen LogP contribution in [0.2, 0.25) is 0 Å². The van der Waals surface area contributed by atoms with Crippen LogP contribution in [0.15, 0.2) is 12.2 Å². The number of hydrogen-bond donors (Lipinski definition) is 1. The minimum Gasteiger partial charge on any atom is -0.481 e. The predicted molar refractivity (Wildman–Crippen MR) is 72.5 cm³/mol. The van der Waals surface area contributed by atoms with Crippen molar-refractivity contribution in [3.05, 3.63) is 12.2 Å². The number of carbonyl (C=O) groups is 2. The molecule has 4 unspecified atom stereocenters. The molecule has 4 atom stereocenters. The fourth-order valence-corrected chi connectivity index (χ4v) is 3.55. The van der Waals surface area contributed by atoms with E-state index in [1.54, 1.807) is 0 Å². The van der Waals surface area contributed by atoms with E-state index in [2.05, 4.69) is 0 Å². The van der Waals surface area contributed by atoms with Gasteiger partial charge in [0.15, 0.2) is 0 Å². The van der Waals surface area contributed by atoms with E-state index in [0.717, 1.165) is 12.8 Å². The highest BCUT2D eigenvalue weighted by atomic mass is 16.4. The molecule has 1 N–H and O–H groups in total. The third-order valence-corrected chi connectivity index (χ3v) is 4.40. The topological polar surface area (TPSA) is 57.6 Å². The molecule has 106 valence electrons. The second kappa shape index (κ2) is 5.35. The summed E-state index contributed by atoms with van der Waals surface area (Å²) in [7, 11) is 0. The van der Waals surface area contributed by atoms with Crippen LogP contribution in [-0.2, 0) is 9.59 Å². The Bertz CT molecular complexity index is 402. The normalized spacial score (nSPS) is 32.0. The molecule has 2 aliphatic carbocycles. The quantitative estimate of drug-likeness (QED) is 0.775. The highest BCUT2D eigenvalue weighted by Gasteiger charge is 2.52. The highest BCUT2D eigenvalue weighted by Crippen LogP contribution is 2.48. The van der Waals surface area contributed by atoms with Crippen molar-refractivity contribution in [2.45, 2.75) is 39.7 Å². The van der Waals surface area contributed by atoms with Crippen LogP contribution in [0.5, 0.6) is 0 Å². The molecule has 1 amide bonds. The molecule has 0 heterocycles. The third kappa shape index (κ3) is 2.40. The summed E-state index contributed by atoms with van der Waals surface area (Å²) in [5, 5.41) is 9.40. The van der Waals surface area contributed by atoms with Crippen molar-refractivity contribution in [1.29, 1.82) is 0 Å². The zero-order chi connectivity index (χ0) is 14.2. The Morgan fingerprint density at radius 1 is 1.26 bits per heavy atom. The van der Waals surface area contributed by atoms with E-state index in [4.69, 9.17) is 0 Å². The van der Waals surface area contributed by atoms with E-state index in [9.17, 15) is 14.7 Å². The van der Waals surface area contributed by atoms with E-state index >= 15 is 0 Å². The Morgan fingerprint density at radius 2 is 1.84 bits per heavy atom. The molecule has 0 aromatic rings. The van der Waals surface area contributed by atoms with Gasteiger partial charge in [0.25, 0.3) is 0 Å². The molecule has 2 rings (SSSR count). The van der Waals surface area contributed by atoms with Crippen molar-refractivity contribution >= 4 is 11.9 Å². The molecule has 0 aromatic carbocycles. The van der Waals surface area contributed by atoms with Gasteiger partial charge in [-0.05, 0) is 38.5 Å². The molecule has 1 saturated carbocycles. The number of nitrogens with zero attached hydrogens (tertiary/aromatic N) is 1. The molecule has 2 bridgehead atoms. The van der Waals surface area contributed by atoms with Gasteiger partial charge in [-0.2, -0.15) is 0 Å². The maximum atomic E-state index is 12.7. The number of carboxylic acids is 1. The van der Waals surface area contributed by atoms with Crippen LogP contribution in [-0.4, -0.2) is 34.5 Å². The lowest BCUT2D eigenvalue weighted by Crippen LogP contribution is -2.46. The Hall–Kier alpha value is -1.32. The summed E-state index contributed by atoms with van der Waals surface area (Å²) in [5.41, 5.74) is 0. The van der Waals surface area contributed by atoms with Gasteiger partial charge < -0.3 is 10.0 Å². The zero-order valence-corrected chi connectivity index (χ0v) is 11.9. The summed E-state index contributed by atoms with van der Waals surface area (Å²) >= 11 is 0. The first-order chi connectivity index (χ1) is 8.97. The lowest BCUT2D eigenvalue weighted by molar-refractivity contribution is -0.151. The molecule has 0 spiro atoms. The van der Waals surface area contributed by atoms with Crippen LogP contribution < -0.4 is 0 Å². The van der Waals surface area contributed by atoms with Crippen LogP contribution in [0.1, 0.15) is 33.6 Å². The third-order valence-electron chi connectivity index (χ3n) is 4.40. The molecule has 4 nitrogen and oxygen atoms in total. The van der Waals surface area contributed by atoms with Crippen LogP contribution >= 0.6 is 0 Å². The summed E-state index contributed by atoms with van der Waals surface area (Å²) in [6.07, 6.45) is 5.74. The second-order valence-corrected chi connectivity index (χ2v) is 5.96. The van der Waals surface area contributed by atoms with Crippen LogP contribution in [0, 0.1) is 23.7 Å². The number of rotatable bonds is 5. The number of allylic oxidation sites excluding steroid dienone is 2. The van der Waals surface area contributed by atoms with Crippen LogP contribution in [0.25, 0.3) is 0 Å². The van der Waals surface area contributed by atoms with E-state index in [1.807, 2.05) is 37.8 Å². The molecular formula is C15H23NO3. The molecule has 0 aromatic heterocycles. The predicted octanol–water partition coefficient (Wildman–Crippen LogP) is 2.16. The Morgan fingerprint density at radius 3 is 2.32 bits per heavy atom. The molecule has 0 aliphatic heterocycles. The summed E-state index contributed by atoms with van der Waals surface area (Å²) in [6, 6.07) is 0.130. The Labute approximate surface area is 114 Å². The van der Waals surface area contributed by atoms with Gasteiger partial charge in [-0.15, -0.1) is 0 Å². The number of fused-ring (bicyclic) bond motifs is 2. The van der Waals surface area contributed by atoms with Gasteiger partial charge in [-0.25, -0.2) is 0 Å². The number of carboxylic acid groups (broad SMARTS) is 1. The summed E-state index contributed by atoms with van der Waals surface area (Å²) in [5.74, 6) is -1.51. The first kappa shape index (κ1) is 14.1. The van der Waals surface area contributed by atoms with Crippen molar-refractivity contribution in [1.82, 2.24) is 4.90 Å².